The molecule has 1 aromatic carbocycles. The minimum absolute atomic E-state index is 0. The zero-order chi connectivity index (χ0) is 18.1. The summed E-state index contributed by atoms with van der Waals surface area (Å²) in [7, 11) is 6.00. The van der Waals surface area contributed by atoms with Gasteiger partial charge in [-0.3, -0.25) is 4.99 Å². The zero-order valence-corrected chi connectivity index (χ0v) is 18.6. The number of hydrogen-bond acceptors (Lipinski definition) is 3. The second kappa shape index (κ2) is 12.5. The van der Waals surface area contributed by atoms with Gasteiger partial charge in [0.1, 0.15) is 5.82 Å². The molecule has 1 saturated heterocycles. The van der Waals surface area contributed by atoms with Crippen molar-refractivity contribution in [3.63, 3.8) is 0 Å². The minimum Gasteiger partial charge on any atom is -0.356 e. The number of halogens is 2. The normalized spacial score (nSPS) is 16.7. The van der Waals surface area contributed by atoms with E-state index in [0.717, 1.165) is 44.1 Å². The largest absolute Gasteiger partial charge is 0.356 e. The highest BCUT2D eigenvalue weighted by molar-refractivity contribution is 14.0. The lowest BCUT2D eigenvalue weighted by atomic mass is 10.2. The van der Waals surface area contributed by atoms with Crippen LogP contribution >= 0.6 is 24.0 Å². The maximum absolute atomic E-state index is 13.0. The van der Waals surface area contributed by atoms with E-state index in [4.69, 9.17) is 0 Å². The van der Waals surface area contributed by atoms with Gasteiger partial charge in [0.25, 0.3) is 0 Å². The van der Waals surface area contributed by atoms with Crippen LogP contribution in [0.4, 0.5) is 4.39 Å². The summed E-state index contributed by atoms with van der Waals surface area (Å²) >= 11 is 0. The van der Waals surface area contributed by atoms with Crippen molar-refractivity contribution in [2.75, 3.05) is 60.4 Å². The second-order valence-corrected chi connectivity index (χ2v) is 6.81. The van der Waals surface area contributed by atoms with E-state index in [1.807, 2.05) is 19.2 Å². The first-order valence-corrected chi connectivity index (χ1v) is 9.15. The molecule has 0 aliphatic carbocycles. The van der Waals surface area contributed by atoms with Crippen molar-refractivity contribution in [3.05, 3.63) is 35.6 Å². The molecule has 0 aromatic heterocycles. The lowest BCUT2D eigenvalue weighted by Crippen LogP contribution is -2.40. The van der Waals surface area contributed by atoms with Crippen molar-refractivity contribution in [2.45, 2.75) is 19.4 Å². The molecule has 1 aliphatic rings. The quantitative estimate of drug-likeness (QED) is 0.296. The summed E-state index contributed by atoms with van der Waals surface area (Å²) in [6, 6.07) is 6.63. The fourth-order valence-corrected chi connectivity index (χ4v) is 3.15. The van der Waals surface area contributed by atoms with Gasteiger partial charge in [-0.05, 0) is 57.2 Å². The fourth-order valence-electron chi connectivity index (χ4n) is 3.15. The molecule has 0 saturated carbocycles. The van der Waals surface area contributed by atoms with Crippen LogP contribution in [0.3, 0.4) is 0 Å². The van der Waals surface area contributed by atoms with Crippen LogP contribution < -0.4 is 5.32 Å². The van der Waals surface area contributed by atoms with E-state index < -0.39 is 0 Å². The number of rotatable bonds is 6. The summed E-state index contributed by atoms with van der Waals surface area (Å²) in [4.78, 5) is 11.4. The lowest BCUT2D eigenvalue weighted by Gasteiger charge is -2.23. The molecule has 7 heteroatoms. The molecule has 0 spiro atoms. The number of guanidine groups is 1. The van der Waals surface area contributed by atoms with Crippen LogP contribution in [0, 0.1) is 5.82 Å². The molecule has 0 unspecified atom stereocenters. The standard InChI is InChI=1S/C19H32FN5.HI/c1-21-19(24(3)16-17-6-8-18(20)9-7-17)22-10-4-12-25-13-5-11-23(2)14-15-25;/h6-9H,4-5,10-16H2,1-3H3,(H,21,22);1H. The zero-order valence-electron chi connectivity index (χ0n) is 16.2. The first-order chi connectivity index (χ1) is 12.1. The molecule has 148 valence electrons. The Morgan fingerprint density at radius 1 is 1.19 bits per heavy atom. The Morgan fingerprint density at radius 3 is 2.62 bits per heavy atom. The SMILES string of the molecule is CN=C(NCCCN1CCCN(C)CC1)N(C)Cc1ccc(F)cc1.I. The Labute approximate surface area is 174 Å². The van der Waals surface area contributed by atoms with Crippen LogP contribution in [0.5, 0.6) is 0 Å². The fraction of sp³-hybridized carbons (Fsp3) is 0.632. The molecular weight excluding hydrogens is 444 g/mol. The smallest absolute Gasteiger partial charge is 0.193 e. The van der Waals surface area contributed by atoms with Gasteiger partial charge in [-0.1, -0.05) is 12.1 Å². The maximum atomic E-state index is 13.0. The van der Waals surface area contributed by atoms with Crippen LogP contribution in [0.25, 0.3) is 0 Å². The molecule has 1 aromatic rings. The van der Waals surface area contributed by atoms with Crippen LogP contribution in [-0.4, -0.2) is 81.1 Å². The first-order valence-electron chi connectivity index (χ1n) is 9.15. The molecule has 0 bridgehead atoms. The summed E-state index contributed by atoms with van der Waals surface area (Å²) in [5.41, 5.74) is 1.07. The van der Waals surface area contributed by atoms with E-state index in [0.29, 0.717) is 6.54 Å². The van der Waals surface area contributed by atoms with Gasteiger partial charge in [-0.25, -0.2) is 4.39 Å². The molecule has 5 nitrogen and oxygen atoms in total. The predicted octanol–water partition coefficient (Wildman–Crippen LogP) is 2.48. The summed E-state index contributed by atoms with van der Waals surface area (Å²) in [6.07, 6.45) is 2.36. The highest BCUT2D eigenvalue weighted by Gasteiger charge is 2.12. The van der Waals surface area contributed by atoms with E-state index in [-0.39, 0.29) is 29.8 Å². The number of benzene rings is 1. The van der Waals surface area contributed by atoms with Gasteiger partial charge in [-0.2, -0.15) is 0 Å². The van der Waals surface area contributed by atoms with E-state index in [1.165, 1.54) is 31.6 Å². The van der Waals surface area contributed by atoms with Gasteiger partial charge >= 0.3 is 0 Å². The minimum atomic E-state index is -0.200. The molecule has 0 atom stereocenters. The van der Waals surface area contributed by atoms with Gasteiger partial charge in [-0.15, -0.1) is 24.0 Å². The molecule has 1 N–H and O–H groups in total. The average Bonchev–Trinajstić information content (AvgIpc) is 2.81. The highest BCUT2D eigenvalue weighted by atomic mass is 127. The second-order valence-electron chi connectivity index (χ2n) is 6.81. The van der Waals surface area contributed by atoms with Crippen molar-refractivity contribution in [1.82, 2.24) is 20.0 Å². The lowest BCUT2D eigenvalue weighted by molar-refractivity contribution is 0.273. The van der Waals surface area contributed by atoms with Gasteiger partial charge in [0.05, 0.1) is 0 Å². The number of aliphatic imine (C=N–C) groups is 1. The van der Waals surface area contributed by atoms with Crippen molar-refractivity contribution >= 4 is 29.9 Å². The van der Waals surface area contributed by atoms with Crippen LogP contribution in [0.2, 0.25) is 0 Å². The Kier molecular flexibility index (Phi) is 11.1. The molecule has 1 aliphatic heterocycles. The van der Waals surface area contributed by atoms with Crippen LogP contribution in [0.1, 0.15) is 18.4 Å². The molecule has 0 radical (unpaired) electrons. The van der Waals surface area contributed by atoms with E-state index in [2.05, 4.69) is 32.1 Å². The molecule has 1 fully saturated rings. The van der Waals surface area contributed by atoms with Crippen molar-refractivity contribution in [2.24, 2.45) is 4.99 Å². The van der Waals surface area contributed by atoms with Crippen LogP contribution in [-0.2, 0) is 6.54 Å². The van der Waals surface area contributed by atoms with Gasteiger partial charge < -0.3 is 20.0 Å². The van der Waals surface area contributed by atoms with Gasteiger partial charge in [0.2, 0.25) is 0 Å². The molecule has 2 rings (SSSR count). The number of likely N-dealkylation sites (N-methyl/N-ethyl adjacent to an activating group) is 1. The summed E-state index contributed by atoms with van der Waals surface area (Å²) in [5.74, 6) is 0.675. The Morgan fingerprint density at radius 2 is 1.92 bits per heavy atom. The first kappa shape index (κ1) is 23.1. The van der Waals surface area contributed by atoms with Crippen molar-refractivity contribution in [3.8, 4) is 0 Å². The predicted molar refractivity (Wildman–Crippen MR) is 118 cm³/mol. The van der Waals surface area contributed by atoms with Gasteiger partial charge in [0.15, 0.2) is 5.96 Å². The Hall–Kier alpha value is -0.930. The molecule has 1 heterocycles. The van der Waals surface area contributed by atoms with Crippen molar-refractivity contribution in [1.29, 1.82) is 0 Å². The summed E-state index contributed by atoms with van der Waals surface area (Å²) in [5, 5.41) is 3.43. The van der Waals surface area contributed by atoms with E-state index in [9.17, 15) is 4.39 Å². The maximum Gasteiger partial charge on any atom is 0.193 e. The Balaban J connectivity index is 0.00000338. The van der Waals surface area contributed by atoms with E-state index in [1.54, 1.807) is 7.05 Å². The third-order valence-electron chi connectivity index (χ3n) is 4.65. The molecule has 0 amide bonds. The monoisotopic (exact) mass is 477 g/mol. The summed E-state index contributed by atoms with van der Waals surface area (Å²) < 4.78 is 13.0. The Bertz CT molecular complexity index is 537. The van der Waals surface area contributed by atoms with Gasteiger partial charge in [0, 0.05) is 40.3 Å². The third-order valence-corrected chi connectivity index (χ3v) is 4.65. The van der Waals surface area contributed by atoms with Crippen LogP contribution in [0.15, 0.2) is 29.3 Å². The number of nitrogens with zero attached hydrogens (tertiary/aromatic N) is 4. The van der Waals surface area contributed by atoms with Crippen molar-refractivity contribution < 1.29 is 4.39 Å². The number of hydrogen-bond donors (Lipinski definition) is 1. The molecule has 26 heavy (non-hydrogen) atoms. The average molecular weight is 477 g/mol. The summed E-state index contributed by atoms with van der Waals surface area (Å²) in [6.45, 7) is 7.47. The topological polar surface area (TPSA) is 34.1 Å². The molecular formula is C19H33FIN5. The highest BCUT2D eigenvalue weighted by Crippen LogP contribution is 2.06. The third kappa shape index (κ3) is 8.18. The van der Waals surface area contributed by atoms with E-state index >= 15 is 0 Å². The number of nitrogens with one attached hydrogen (secondary N) is 1.